The predicted octanol–water partition coefficient (Wildman–Crippen LogP) is -0.0257. The van der Waals surface area contributed by atoms with Gasteiger partial charge in [0.1, 0.15) is 0 Å². The summed E-state index contributed by atoms with van der Waals surface area (Å²) < 4.78 is 9.49. The van der Waals surface area contributed by atoms with Crippen LogP contribution in [0.3, 0.4) is 0 Å². The monoisotopic (exact) mass is 226 g/mol. The third-order valence-electron chi connectivity index (χ3n) is 1.73. The van der Waals surface area contributed by atoms with Crippen LogP contribution in [-0.2, 0) is 4.74 Å². The van der Waals surface area contributed by atoms with Crippen LogP contribution in [0.2, 0.25) is 0 Å². The second kappa shape index (κ2) is 6.57. The van der Waals surface area contributed by atoms with Crippen molar-refractivity contribution in [2.24, 2.45) is 0 Å². The van der Waals surface area contributed by atoms with Crippen LogP contribution in [0, 0.1) is 0 Å². The molecule has 0 aliphatic carbocycles. The second-order valence-electron chi connectivity index (χ2n) is 2.94. The predicted molar refractivity (Wildman–Crippen MR) is 56.7 cm³/mol. The van der Waals surface area contributed by atoms with Crippen molar-refractivity contribution >= 4 is 11.7 Å². The molecule has 1 heterocycles. The molecule has 0 fully saturated rings. The molecule has 7 nitrogen and oxygen atoms in total. The van der Waals surface area contributed by atoms with E-state index in [-0.39, 0.29) is 11.5 Å². The molecule has 0 bridgehead atoms. The van der Waals surface area contributed by atoms with E-state index in [0.29, 0.717) is 19.8 Å². The third kappa shape index (κ3) is 3.70. The molecule has 0 aliphatic heterocycles. The number of amides is 1. The Bertz CT molecular complexity index is 350. The minimum Gasteiger partial charge on any atom is -0.379 e. The Morgan fingerprint density at radius 3 is 3.00 bits per heavy atom. The maximum absolute atomic E-state index is 11.4. The minimum atomic E-state index is -0.425. The zero-order valence-electron chi connectivity index (χ0n) is 8.81. The molecule has 7 heteroatoms. The molecule has 0 aromatic carbocycles. The summed E-state index contributed by atoms with van der Waals surface area (Å²) in [7, 11) is 0. The molecule has 0 atom stereocenters. The first kappa shape index (κ1) is 12.2. The van der Waals surface area contributed by atoms with Crippen molar-refractivity contribution in [2.45, 2.75) is 6.42 Å². The zero-order valence-corrected chi connectivity index (χ0v) is 8.81. The Morgan fingerprint density at radius 2 is 2.38 bits per heavy atom. The number of nitrogens with two attached hydrogens (primary N) is 1. The summed E-state index contributed by atoms with van der Waals surface area (Å²) in [6.07, 6.45) is 2.55. The van der Waals surface area contributed by atoms with Crippen LogP contribution in [0.15, 0.2) is 17.3 Å². The fourth-order valence-electron chi connectivity index (χ4n) is 0.942. The van der Waals surface area contributed by atoms with E-state index in [1.54, 1.807) is 6.08 Å². The van der Waals surface area contributed by atoms with Crippen molar-refractivity contribution in [3.8, 4) is 0 Å². The first-order valence-electron chi connectivity index (χ1n) is 4.80. The van der Waals surface area contributed by atoms with Gasteiger partial charge in [0.25, 0.3) is 5.91 Å². The van der Waals surface area contributed by atoms with E-state index >= 15 is 0 Å². The fourth-order valence-corrected chi connectivity index (χ4v) is 0.942. The molecule has 1 amide bonds. The van der Waals surface area contributed by atoms with E-state index in [1.165, 1.54) is 0 Å². The van der Waals surface area contributed by atoms with Crippen molar-refractivity contribution in [3.05, 3.63) is 18.3 Å². The number of hydrogen-bond acceptors (Lipinski definition) is 6. The molecular weight excluding hydrogens is 212 g/mol. The smallest absolute Gasteiger partial charge is 0.277 e. The Morgan fingerprint density at radius 1 is 1.56 bits per heavy atom. The number of aromatic nitrogens is 2. The molecule has 0 radical (unpaired) electrons. The summed E-state index contributed by atoms with van der Waals surface area (Å²) in [5.74, 6) is -0.448. The molecule has 0 saturated heterocycles. The van der Waals surface area contributed by atoms with Gasteiger partial charge in [0, 0.05) is 6.54 Å². The lowest BCUT2D eigenvalue weighted by Gasteiger charge is -2.03. The van der Waals surface area contributed by atoms with Crippen LogP contribution >= 0.6 is 0 Å². The maximum Gasteiger partial charge on any atom is 0.277 e. The highest BCUT2D eigenvalue weighted by atomic mass is 16.6. The van der Waals surface area contributed by atoms with Gasteiger partial charge in [0.2, 0.25) is 11.5 Å². The van der Waals surface area contributed by atoms with E-state index in [1.807, 2.05) is 0 Å². The van der Waals surface area contributed by atoms with Crippen molar-refractivity contribution in [1.29, 1.82) is 0 Å². The van der Waals surface area contributed by atoms with Crippen molar-refractivity contribution in [3.63, 3.8) is 0 Å². The van der Waals surface area contributed by atoms with Crippen LogP contribution in [0.4, 0.5) is 5.82 Å². The summed E-state index contributed by atoms with van der Waals surface area (Å²) in [5, 5.41) is 9.23. The summed E-state index contributed by atoms with van der Waals surface area (Å²) in [4.78, 5) is 11.4. The number of anilines is 1. The third-order valence-corrected chi connectivity index (χ3v) is 1.73. The fraction of sp³-hybridized carbons (Fsp3) is 0.444. The topological polar surface area (TPSA) is 103 Å². The van der Waals surface area contributed by atoms with E-state index < -0.39 is 5.91 Å². The van der Waals surface area contributed by atoms with E-state index in [0.717, 1.165) is 6.42 Å². The molecular formula is C9H14N4O3. The lowest BCUT2D eigenvalue weighted by molar-refractivity contribution is 0.0909. The number of carbonyl (C=O) groups excluding carboxylic acids is 1. The molecule has 16 heavy (non-hydrogen) atoms. The van der Waals surface area contributed by atoms with Gasteiger partial charge in [-0.25, -0.2) is 4.63 Å². The van der Waals surface area contributed by atoms with Crippen LogP contribution in [-0.4, -0.2) is 36.0 Å². The number of nitrogens with one attached hydrogen (secondary N) is 1. The number of carbonyl (C=O) groups is 1. The van der Waals surface area contributed by atoms with Crippen LogP contribution in [0.25, 0.3) is 0 Å². The van der Waals surface area contributed by atoms with Crippen molar-refractivity contribution < 1.29 is 14.2 Å². The summed E-state index contributed by atoms with van der Waals surface area (Å²) in [6.45, 7) is 4.95. The Labute approximate surface area is 92.6 Å². The summed E-state index contributed by atoms with van der Waals surface area (Å²) >= 11 is 0. The molecule has 0 unspecified atom stereocenters. The average Bonchev–Trinajstić information content (AvgIpc) is 2.69. The molecule has 1 aromatic heterocycles. The van der Waals surface area contributed by atoms with Crippen molar-refractivity contribution in [1.82, 2.24) is 15.6 Å². The number of rotatable bonds is 7. The lowest BCUT2D eigenvalue weighted by Crippen LogP contribution is -2.28. The molecule has 0 spiro atoms. The number of ether oxygens (including phenoxy) is 1. The Hall–Kier alpha value is -1.89. The molecule has 1 rings (SSSR count). The van der Waals surface area contributed by atoms with Gasteiger partial charge in [-0.1, -0.05) is 6.08 Å². The standard InChI is InChI=1S/C9H14N4O3/c1-2-3-5-15-6-4-11-9(14)7-8(10)13-16-12-7/h2H,1,3-6H2,(H2,10,13)(H,11,14). The van der Waals surface area contributed by atoms with Gasteiger partial charge in [-0.05, 0) is 16.7 Å². The normalized spacial score (nSPS) is 10.0. The highest BCUT2D eigenvalue weighted by molar-refractivity contribution is 5.95. The molecule has 0 aliphatic rings. The van der Waals surface area contributed by atoms with Crippen molar-refractivity contribution in [2.75, 3.05) is 25.5 Å². The van der Waals surface area contributed by atoms with Crippen LogP contribution in [0.1, 0.15) is 16.9 Å². The zero-order chi connectivity index (χ0) is 11.8. The minimum absolute atomic E-state index is 0.00825. The second-order valence-corrected chi connectivity index (χ2v) is 2.94. The maximum atomic E-state index is 11.4. The largest absolute Gasteiger partial charge is 0.379 e. The van der Waals surface area contributed by atoms with Gasteiger partial charge >= 0.3 is 0 Å². The molecule has 0 saturated carbocycles. The van der Waals surface area contributed by atoms with Gasteiger partial charge in [0.05, 0.1) is 13.2 Å². The Balaban J connectivity index is 2.16. The Kier molecular flexibility index (Phi) is 5.00. The summed E-state index contributed by atoms with van der Waals surface area (Å²) in [6, 6.07) is 0. The first-order valence-corrected chi connectivity index (χ1v) is 4.80. The van der Waals surface area contributed by atoms with Crippen LogP contribution < -0.4 is 11.1 Å². The number of nitrogens with zero attached hydrogens (tertiary/aromatic N) is 2. The lowest BCUT2D eigenvalue weighted by atomic mass is 10.4. The van der Waals surface area contributed by atoms with Gasteiger partial charge in [-0.3, -0.25) is 4.79 Å². The molecule has 3 N–H and O–H groups in total. The molecule has 88 valence electrons. The van der Waals surface area contributed by atoms with Gasteiger partial charge < -0.3 is 15.8 Å². The molecule has 1 aromatic rings. The van der Waals surface area contributed by atoms with E-state index in [9.17, 15) is 4.79 Å². The number of nitrogen functional groups attached to an aromatic ring is 1. The van der Waals surface area contributed by atoms with Crippen LogP contribution in [0.5, 0.6) is 0 Å². The van der Waals surface area contributed by atoms with Gasteiger partial charge in [0.15, 0.2) is 0 Å². The number of hydrogen-bond donors (Lipinski definition) is 2. The van der Waals surface area contributed by atoms with Gasteiger partial charge in [-0.2, -0.15) is 0 Å². The van der Waals surface area contributed by atoms with E-state index in [4.69, 9.17) is 10.5 Å². The highest BCUT2D eigenvalue weighted by Crippen LogP contribution is 2.02. The first-order chi connectivity index (χ1) is 7.75. The quantitative estimate of drug-likeness (QED) is 0.500. The summed E-state index contributed by atoms with van der Waals surface area (Å²) in [5.41, 5.74) is 5.33. The van der Waals surface area contributed by atoms with Gasteiger partial charge in [-0.15, -0.1) is 6.58 Å². The average molecular weight is 226 g/mol. The van der Waals surface area contributed by atoms with E-state index in [2.05, 4.69) is 26.8 Å². The highest BCUT2D eigenvalue weighted by Gasteiger charge is 2.14. The SMILES string of the molecule is C=CCCOCCNC(=O)c1nonc1N.